The van der Waals surface area contributed by atoms with Crippen molar-refractivity contribution in [2.24, 2.45) is 0 Å². The Kier molecular flexibility index (Phi) is 7.90. The van der Waals surface area contributed by atoms with Crippen LogP contribution >= 0.6 is 11.3 Å². The quantitative estimate of drug-likeness (QED) is 0.429. The molecule has 3 unspecified atom stereocenters. The molecule has 7 rings (SSSR count). The van der Waals surface area contributed by atoms with Crippen molar-refractivity contribution in [1.29, 1.82) is 10.5 Å². The van der Waals surface area contributed by atoms with Crippen LogP contribution in [0.2, 0.25) is 0 Å². The van der Waals surface area contributed by atoms with Gasteiger partial charge in [-0.25, -0.2) is 14.4 Å². The molecule has 230 valence electrons. The minimum Gasteiger partial charge on any atom is -0.467 e. The Morgan fingerprint density at radius 1 is 1.23 bits per heavy atom. The van der Waals surface area contributed by atoms with Crippen LogP contribution in [0.1, 0.15) is 65.8 Å². The van der Waals surface area contributed by atoms with Crippen LogP contribution in [-0.2, 0) is 11.8 Å². The molecule has 4 N–H and O–H groups in total. The monoisotopic (exact) mass is 617 g/mol. The minimum atomic E-state index is -0.518. The number of thiophene rings is 1. The van der Waals surface area contributed by atoms with Gasteiger partial charge in [0, 0.05) is 54.8 Å². The summed E-state index contributed by atoms with van der Waals surface area (Å²) >= 11 is 1.51. The van der Waals surface area contributed by atoms with Gasteiger partial charge in [0.1, 0.15) is 41.0 Å². The van der Waals surface area contributed by atoms with Crippen molar-refractivity contribution in [1.82, 2.24) is 24.8 Å². The zero-order chi connectivity index (χ0) is 31.2. The summed E-state index contributed by atoms with van der Waals surface area (Å²) in [5, 5.41) is 20.4. The molecule has 44 heavy (non-hydrogen) atoms. The molecule has 0 bridgehead atoms. The van der Waals surface area contributed by atoms with Crippen LogP contribution in [0.4, 0.5) is 26.8 Å². The zero-order valence-electron chi connectivity index (χ0n) is 25.1. The third-order valence-corrected chi connectivity index (χ3v) is 10.6. The molecule has 1 aliphatic carbocycles. The Bertz CT molecular complexity index is 1630. The molecule has 3 aromatic heterocycles. The summed E-state index contributed by atoms with van der Waals surface area (Å²) in [4.78, 5) is 24.6. The Labute approximate surface area is 260 Å². The van der Waals surface area contributed by atoms with Crippen molar-refractivity contribution in [3.05, 3.63) is 39.7 Å². The molecule has 4 aliphatic rings. The van der Waals surface area contributed by atoms with Gasteiger partial charge in [-0.15, -0.1) is 11.3 Å². The highest BCUT2D eigenvalue weighted by Gasteiger charge is 2.52. The summed E-state index contributed by atoms with van der Waals surface area (Å²) < 4.78 is 18.0. The first-order valence-electron chi connectivity index (χ1n) is 14.8. The number of nitrogen functional groups attached to an aromatic ring is 2. The van der Waals surface area contributed by atoms with Crippen molar-refractivity contribution in [2.75, 3.05) is 61.6 Å². The summed E-state index contributed by atoms with van der Waals surface area (Å²) in [6.07, 6.45) is 7.72. The number of anilines is 4. The molecule has 3 saturated heterocycles. The number of aryl methyl sites for hydroxylation is 1. The minimum absolute atomic E-state index is 0.158. The fourth-order valence-electron chi connectivity index (χ4n) is 7.16. The average molecular weight is 618 g/mol. The zero-order valence-corrected chi connectivity index (χ0v) is 25.9. The molecule has 3 fully saturated rings. The Hall–Kier alpha value is -4.27. The number of methoxy groups -OCH3 is 1. The Morgan fingerprint density at radius 3 is 2.68 bits per heavy atom. The summed E-state index contributed by atoms with van der Waals surface area (Å²) in [5.41, 5.74) is 14.7. The molecule has 0 aromatic carbocycles. The molecule has 3 aliphatic heterocycles. The van der Waals surface area contributed by atoms with E-state index < -0.39 is 6.17 Å². The summed E-state index contributed by atoms with van der Waals surface area (Å²) in [5.74, 6) is 1.30. The van der Waals surface area contributed by atoms with E-state index in [1.165, 1.54) is 42.5 Å². The van der Waals surface area contributed by atoms with E-state index in [1.54, 1.807) is 6.20 Å². The maximum absolute atomic E-state index is 12.6. The highest BCUT2D eigenvalue weighted by atomic mass is 32.1. The molecule has 0 saturated carbocycles. The van der Waals surface area contributed by atoms with Crippen LogP contribution < -0.4 is 26.0 Å². The van der Waals surface area contributed by atoms with Crippen LogP contribution in [0.5, 0.6) is 6.01 Å². The van der Waals surface area contributed by atoms with E-state index >= 15 is 0 Å². The second kappa shape index (κ2) is 11.7. The SMILES string of the molecule is COc1nc(N2CC3(CCc4sc(N)c(C#N)c43)C2)c(C#N)c(N(C)C(C)c2cncnc2N)n1.FC1CC2CCCN2C1. The third-order valence-electron chi connectivity index (χ3n) is 9.51. The molecular weight excluding hydrogens is 581 g/mol. The lowest BCUT2D eigenvalue weighted by molar-refractivity contribution is 0.292. The van der Waals surface area contributed by atoms with E-state index in [4.69, 9.17) is 16.2 Å². The van der Waals surface area contributed by atoms with Gasteiger partial charge >= 0.3 is 6.01 Å². The number of hydrogen-bond acceptors (Lipinski definition) is 13. The number of ether oxygens (including phenoxy) is 1. The van der Waals surface area contributed by atoms with Crippen LogP contribution in [0, 0.1) is 22.7 Å². The summed E-state index contributed by atoms with van der Waals surface area (Å²) in [6.45, 7) is 5.07. The predicted octanol–water partition coefficient (Wildman–Crippen LogP) is 3.34. The average Bonchev–Trinajstić information content (AvgIpc) is 3.76. The maximum atomic E-state index is 12.6. The van der Waals surface area contributed by atoms with E-state index in [1.807, 2.05) is 18.9 Å². The maximum Gasteiger partial charge on any atom is 0.320 e. The number of halogens is 1. The number of fused-ring (bicyclic) bond motifs is 3. The fourth-order valence-corrected chi connectivity index (χ4v) is 8.30. The number of rotatable bonds is 5. The van der Waals surface area contributed by atoms with E-state index in [0.717, 1.165) is 36.9 Å². The topological polar surface area (TPSA) is 170 Å². The first-order chi connectivity index (χ1) is 21.2. The second-order valence-electron chi connectivity index (χ2n) is 12.0. The standard InChI is InChI=1S/C23H24N10OS.C7H12FN/c1-12(15-8-28-11-29-18(15)26)32(2)20-14(7-25)21(31-22(30-20)34-3)33-9-23(10-33)5-4-16-17(23)13(6-24)19(27)35-16;8-6-4-7-2-1-3-9(7)5-6/h8,11-12H,4-5,9-10,27H2,1-3H3,(H2,26,28,29);6-7H,1-5H2. The van der Waals surface area contributed by atoms with Gasteiger partial charge in [0.15, 0.2) is 11.6 Å². The van der Waals surface area contributed by atoms with Gasteiger partial charge < -0.3 is 26.0 Å². The largest absolute Gasteiger partial charge is 0.467 e. The van der Waals surface area contributed by atoms with Crippen LogP contribution in [0.3, 0.4) is 0 Å². The molecule has 3 atom stereocenters. The molecule has 3 aromatic rings. The number of nitrogens with two attached hydrogens (primary N) is 2. The molecule has 0 radical (unpaired) electrons. The lowest BCUT2D eigenvalue weighted by Gasteiger charge is -2.49. The number of nitriles is 2. The van der Waals surface area contributed by atoms with Crippen molar-refractivity contribution in [2.45, 2.75) is 62.7 Å². The molecule has 14 heteroatoms. The molecule has 12 nitrogen and oxygen atoms in total. The van der Waals surface area contributed by atoms with Gasteiger partial charge in [-0.1, -0.05) is 0 Å². The summed E-state index contributed by atoms with van der Waals surface area (Å²) in [6, 6.07) is 5.10. The highest BCUT2D eigenvalue weighted by molar-refractivity contribution is 7.16. The van der Waals surface area contributed by atoms with Gasteiger partial charge in [0.05, 0.1) is 18.7 Å². The van der Waals surface area contributed by atoms with Gasteiger partial charge in [0.2, 0.25) is 0 Å². The Balaban J connectivity index is 0.000000323. The number of nitrogens with zero attached hydrogens (tertiary/aromatic N) is 9. The second-order valence-corrected chi connectivity index (χ2v) is 13.1. The van der Waals surface area contributed by atoms with E-state index in [9.17, 15) is 14.9 Å². The lowest BCUT2D eigenvalue weighted by atomic mass is 9.74. The molecular formula is C30H36FN11OS. The molecule has 0 amide bonds. The van der Waals surface area contributed by atoms with Crippen LogP contribution in [-0.4, -0.2) is 77.4 Å². The van der Waals surface area contributed by atoms with E-state index in [-0.39, 0.29) is 17.5 Å². The first-order valence-corrected chi connectivity index (χ1v) is 15.6. The lowest BCUT2D eigenvalue weighted by Crippen LogP contribution is -2.59. The van der Waals surface area contributed by atoms with Gasteiger partial charge in [-0.05, 0) is 51.1 Å². The number of hydrogen-bond donors (Lipinski definition) is 2. The molecule has 1 spiro atoms. The van der Waals surface area contributed by atoms with Crippen molar-refractivity contribution >= 4 is 33.8 Å². The van der Waals surface area contributed by atoms with Gasteiger partial charge in [-0.2, -0.15) is 20.5 Å². The third kappa shape index (κ3) is 5.02. The smallest absolute Gasteiger partial charge is 0.320 e. The predicted molar refractivity (Wildman–Crippen MR) is 166 cm³/mol. The van der Waals surface area contributed by atoms with E-state index in [2.05, 4.69) is 41.9 Å². The first kappa shape index (κ1) is 29.8. The number of alkyl halides is 1. The van der Waals surface area contributed by atoms with Crippen molar-refractivity contribution in [3.63, 3.8) is 0 Å². The number of aromatic nitrogens is 4. The summed E-state index contributed by atoms with van der Waals surface area (Å²) in [7, 11) is 3.33. The van der Waals surface area contributed by atoms with E-state index in [0.29, 0.717) is 59.3 Å². The van der Waals surface area contributed by atoms with Crippen molar-refractivity contribution < 1.29 is 9.13 Å². The fraction of sp³-hybridized carbons (Fsp3) is 0.533. The molecule has 6 heterocycles. The van der Waals surface area contributed by atoms with Gasteiger partial charge in [-0.3, -0.25) is 4.90 Å². The van der Waals surface area contributed by atoms with Gasteiger partial charge in [0.25, 0.3) is 0 Å². The Morgan fingerprint density at radius 2 is 2.00 bits per heavy atom. The van der Waals surface area contributed by atoms with Crippen molar-refractivity contribution in [3.8, 4) is 18.1 Å². The highest BCUT2D eigenvalue weighted by Crippen LogP contribution is 2.53. The normalized spacial score (nSPS) is 21.8. The van der Waals surface area contributed by atoms with Crippen LogP contribution in [0.15, 0.2) is 12.5 Å². The van der Waals surface area contributed by atoms with Crippen LogP contribution in [0.25, 0.3) is 0 Å².